The zero-order valence-electron chi connectivity index (χ0n) is 14.2. The molecule has 0 aliphatic heterocycles. The molecule has 1 N–H and O–H groups in total. The number of aryl methyl sites for hydroxylation is 1. The topological polar surface area (TPSA) is 66.5 Å². The van der Waals surface area contributed by atoms with Gasteiger partial charge in [0.2, 0.25) is 15.9 Å². The van der Waals surface area contributed by atoms with E-state index in [1.807, 2.05) is 31.2 Å². The zero-order valence-corrected chi connectivity index (χ0v) is 16.6. The van der Waals surface area contributed by atoms with Crippen molar-refractivity contribution in [1.82, 2.24) is 9.62 Å². The summed E-state index contributed by atoms with van der Waals surface area (Å²) in [6.45, 7) is 4.05. The molecular formula is C18H21BrN2O3S. The van der Waals surface area contributed by atoms with E-state index < -0.39 is 10.0 Å². The van der Waals surface area contributed by atoms with E-state index >= 15 is 0 Å². The molecule has 0 unspecified atom stereocenters. The predicted octanol–water partition coefficient (Wildman–Crippen LogP) is 3.08. The number of likely N-dealkylation sites (N-methyl/N-ethyl adjacent to an activating group) is 1. The normalized spacial score (nSPS) is 11.5. The van der Waals surface area contributed by atoms with Crippen molar-refractivity contribution in [2.45, 2.75) is 25.3 Å². The number of hydrogen-bond acceptors (Lipinski definition) is 3. The quantitative estimate of drug-likeness (QED) is 0.742. The summed E-state index contributed by atoms with van der Waals surface area (Å²) >= 11 is 3.36. The number of rotatable bonds is 7. The summed E-state index contributed by atoms with van der Waals surface area (Å²) in [7, 11) is -3.78. The highest BCUT2D eigenvalue weighted by Crippen LogP contribution is 2.20. The Balaban J connectivity index is 2.33. The first-order valence-electron chi connectivity index (χ1n) is 7.91. The van der Waals surface area contributed by atoms with Gasteiger partial charge in [-0.05, 0) is 43.7 Å². The molecule has 2 aromatic carbocycles. The molecule has 0 bridgehead atoms. The fourth-order valence-corrected chi connectivity index (χ4v) is 3.94. The number of carbonyl (C=O) groups excluding carboxylic acids is 1. The second kappa shape index (κ2) is 8.60. The van der Waals surface area contributed by atoms with Gasteiger partial charge in [0.05, 0.1) is 11.4 Å². The summed E-state index contributed by atoms with van der Waals surface area (Å²) in [6, 6.07) is 14.0. The van der Waals surface area contributed by atoms with Gasteiger partial charge in [-0.2, -0.15) is 4.31 Å². The van der Waals surface area contributed by atoms with Gasteiger partial charge >= 0.3 is 0 Å². The molecule has 7 heteroatoms. The molecule has 0 saturated heterocycles. The first-order valence-corrected chi connectivity index (χ1v) is 10.1. The highest BCUT2D eigenvalue weighted by Gasteiger charge is 2.26. The van der Waals surface area contributed by atoms with E-state index in [0.29, 0.717) is 6.54 Å². The minimum absolute atomic E-state index is 0.126. The molecule has 5 nitrogen and oxygen atoms in total. The van der Waals surface area contributed by atoms with Crippen LogP contribution in [0.15, 0.2) is 57.9 Å². The van der Waals surface area contributed by atoms with Gasteiger partial charge in [0.15, 0.2) is 0 Å². The van der Waals surface area contributed by atoms with Gasteiger partial charge in [-0.3, -0.25) is 4.79 Å². The van der Waals surface area contributed by atoms with Crippen molar-refractivity contribution in [1.29, 1.82) is 0 Å². The summed E-state index contributed by atoms with van der Waals surface area (Å²) < 4.78 is 28.1. The molecule has 0 saturated carbocycles. The fourth-order valence-electron chi connectivity index (χ4n) is 2.29. The lowest BCUT2D eigenvalue weighted by Crippen LogP contribution is -2.40. The van der Waals surface area contributed by atoms with Gasteiger partial charge in [-0.1, -0.05) is 45.8 Å². The molecule has 0 fully saturated rings. The molecule has 2 rings (SSSR count). The summed E-state index contributed by atoms with van der Waals surface area (Å²) in [5.41, 5.74) is 1.78. The average molecular weight is 425 g/mol. The molecule has 25 heavy (non-hydrogen) atoms. The van der Waals surface area contributed by atoms with Crippen molar-refractivity contribution in [3.8, 4) is 0 Å². The Kier molecular flexibility index (Phi) is 6.75. The third-order valence-corrected chi connectivity index (χ3v) is 5.96. The van der Waals surface area contributed by atoms with Gasteiger partial charge in [-0.15, -0.1) is 0 Å². The maximum atomic E-state index is 13.0. The number of halogens is 1. The molecule has 0 aliphatic carbocycles. The zero-order chi connectivity index (χ0) is 18.4. The van der Waals surface area contributed by atoms with Crippen LogP contribution in [0.2, 0.25) is 0 Å². The van der Waals surface area contributed by atoms with Crippen molar-refractivity contribution in [2.24, 2.45) is 0 Å². The Morgan fingerprint density at radius 2 is 1.68 bits per heavy atom. The molecule has 134 valence electrons. The number of nitrogens with one attached hydrogen (secondary N) is 1. The van der Waals surface area contributed by atoms with Crippen LogP contribution in [0.5, 0.6) is 0 Å². The van der Waals surface area contributed by atoms with E-state index in [0.717, 1.165) is 15.6 Å². The second-order valence-electron chi connectivity index (χ2n) is 5.67. The van der Waals surface area contributed by atoms with Crippen LogP contribution in [0.25, 0.3) is 0 Å². The Morgan fingerprint density at radius 1 is 1.08 bits per heavy atom. The van der Waals surface area contributed by atoms with E-state index in [1.165, 1.54) is 4.31 Å². The average Bonchev–Trinajstić information content (AvgIpc) is 2.57. The van der Waals surface area contributed by atoms with Crippen LogP contribution in [-0.2, 0) is 21.4 Å². The van der Waals surface area contributed by atoms with Crippen LogP contribution < -0.4 is 5.32 Å². The largest absolute Gasteiger partial charge is 0.355 e. The standard InChI is InChI=1S/C18H21BrN2O3S/c1-3-20-18(22)13-21(12-15-6-8-16(19)9-7-15)25(23,24)17-10-4-14(2)5-11-17/h4-11H,3,12-13H2,1-2H3,(H,20,22). The van der Waals surface area contributed by atoms with Crippen LogP contribution in [0, 0.1) is 6.92 Å². The lowest BCUT2D eigenvalue weighted by molar-refractivity contribution is -0.121. The number of amides is 1. The van der Waals surface area contributed by atoms with Crippen LogP contribution in [0.4, 0.5) is 0 Å². The van der Waals surface area contributed by atoms with Crippen molar-refractivity contribution in [3.05, 3.63) is 64.1 Å². The van der Waals surface area contributed by atoms with Crippen LogP contribution in [0.3, 0.4) is 0 Å². The summed E-state index contributed by atoms with van der Waals surface area (Å²) in [5.74, 6) is -0.324. The molecular weight excluding hydrogens is 404 g/mol. The maximum absolute atomic E-state index is 13.0. The van der Waals surface area contributed by atoms with Crippen LogP contribution in [-0.4, -0.2) is 31.7 Å². The van der Waals surface area contributed by atoms with E-state index in [2.05, 4.69) is 21.2 Å². The maximum Gasteiger partial charge on any atom is 0.243 e. The predicted molar refractivity (Wildman–Crippen MR) is 102 cm³/mol. The lowest BCUT2D eigenvalue weighted by atomic mass is 10.2. The molecule has 0 aromatic heterocycles. The summed E-state index contributed by atoms with van der Waals surface area (Å²) in [6.07, 6.45) is 0. The number of carbonyl (C=O) groups is 1. The SMILES string of the molecule is CCNC(=O)CN(Cc1ccc(Br)cc1)S(=O)(=O)c1ccc(C)cc1. The number of sulfonamides is 1. The van der Waals surface area contributed by atoms with Crippen LogP contribution >= 0.6 is 15.9 Å². The molecule has 1 amide bonds. The molecule has 0 aliphatic rings. The number of hydrogen-bond donors (Lipinski definition) is 1. The third kappa shape index (κ3) is 5.39. The summed E-state index contributed by atoms with van der Waals surface area (Å²) in [5, 5.41) is 2.65. The van der Waals surface area contributed by atoms with Crippen molar-refractivity contribution in [2.75, 3.05) is 13.1 Å². The van der Waals surface area contributed by atoms with Crippen molar-refractivity contribution in [3.63, 3.8) is 0 Å². The van der Waals surface area contributed by atoms with Gasteiger partial charge in [-0.25, -0.2) is 8.42 Å². The minimum Gasteiger partial charge on any atom is -0.355 e. The molecule has 0 spiro atoms. The fraction of sp³-hybridized carbons (Fsp3) is 0.278. The number of benzene rings is 2. The monoisotopic (exact) mass is 424 g/mol. The van der Waals surface area contributed by atoms with Crippen molar-refractivity contribution < 1.29 is 13.2 Å². The van der Waals surface area contributed by atoms with E-state index in [4.69, 9.17) is 0 Å². The van der Waals surface area contributed by atoms with Gasteiger partial charge in [0, 0.05) is 17.6 Å². The third-order valence-electron chi connectivity index (χ3n) is 3.62. The van der Waals surface area contributed by atoms with E-state index in [9.17, 15) is 13.2 Å². The highest BCUT2D eigenvalue weighted by molar-refractivity contribution is 9.10. The second-order valence-corrected chi connectivity index (χ2v) is 8.52. The Morgan fingerprint density at radius 3 is 2.24 bits per heavy atom. The Bertz CT molecular complexity index is 818. The first-order chi connectivity index (χ1) is 11.8. The van der Waals surface area contributed by atoms with Crippen molar-refractivity contribution >= 4 is 31.9 Å². The Hall–Kier alpha value is -1.70. The van der Waals surface area contributed by atoms with E-state index in [1.54, 1.807) is 31.2 Å². The van der Waals surface area contributed by atoms with Gasteiger partial charge in [0.1, 0.15) is 0 Å². The molecule has 0 heterocycles. The molecule has 0 atom stereocenters. The molecule has 0 radical (unpaired) electrons. The summed E-state index contributed by atoms with van der Waals surface area (Å²) in [4.78, 5) is 12.2. The smallest absolute Gasteiger partial charge is 0.243 e. The van der Waals surface area contributed by atoms with E-state index in [-0.39, 0.29) is 23.9 Å². The number of nitrogens with zero attached hydrogens (tertiary/aromatic N) is 1. The first kappa shape index (κ1) is 19.6. The lowest BCUT2D eigenvalue weighted by Gasteiger charge is -2.22. The molecule has 2 aromatic rings. The van der Waals surface area contributed by atoms with Gasteiger partial charge in [0.25, 0.3) is 0 Å². The highest BCUT2D eigenvalue weighted by atomic mass is 79.9. The van der Waals surface area contributed by atoms with Crippen LogP contribution in [0.1, 0.15) is 18.1 Å². The Labute approximate surface area is 157 Å². The minimum atomic E-state index is -3.78. The van der Waals surface area contributed by atoms with Gasteiger partial charge < -0.3 is 5.32 Å².